The number of carbonyl (C=O) groups excluding carboxylic acids is 2. The molecule has 0 aliphatic heterocycles. The lowest BCUT2D eigenvalue weighted by atomic mass is 9.94. The Labute approximate surface area is 240 Å². The topological polar surface area (TPSA) is 103 Å². The van der Waals surface area contributed by atoms with Gasteiger partial charge < -0.3 is 11.1 Å². The Hall–Kier alpha value is -4.68. The Bertz CT molecular complexity index is 1750. The molecule has 222 valence electrons. The van der Waals surface area contributed by atoms with Crippen molar-refractivity contribution in [2.75, 3.05) is 0 Å². The number of primary amides is 1. The van der Waals surface area contributed by atoms with Gasteiger partial charge in [0.15, 0.2) is 5.69 Å². The van der Waals surface area contributed by atoms with Crippen molar-refractivity contribution in [2.45, 2.75) is 43.9 Å². The Morgan fingerprint density at radius 3 is 2.51 bits per heavy atom. The summed E-state index contributed by atoms with van der Waals surface area (Å²) in [5, 5.41) is 6.48. The minimum absolute atomic E-state index is 0.108. The van der Waals surface area contributed by atoms with Crippen LogP contribution < -0.4 is 11.1 Å². The van der Waals surface area contributed by atoms with Gasteiger partial charge in [0.1, 0.15) is 24.0 Å². The first kappa shape index (κ1) is 28.4. The summed E-state index contributed by atoms with van der Waals surface area (Å²) in [5.41, 5.74) is 5.49. The molecule has 3 unspecified atom stereocenters. The number of carbonyl (C=O) groups is 2. The fourth-order valence-electron chi connectivity index (χ4n) is 5.91. The predicted molar refractivity (Wildman–Crippen MR) is 141 cm³/mol. The first-order valence-corrected chi connectivity index (χ1v) is 13.3. The maximum Gasteiger partial charge on any atom is 0.435 e. The lowest BCUT2D eigenvalue weighted by molar-refractivity contribution is -0.142. The normalized spacial score (nSPS) is 17.7. The molecule has 2 amide bonds. The van der Waals surface area contributed by atoms with Crippen molar-refractivity contribution < 1.29 is 35.9 Å². The van der Waals surface area contributed by atoms with Gasteiger partial charge >= 0.3 is 6.18 Å². The van der Waals surface area contributed by atoms with E-state index in [9.17, 15) is 35.9 Å². The number of pyridine rings is 1. The number of fused-ring (bicyclic) bond motifs is 3. The third-order valence-corrected chi connectivity index (χ3v) is 7.82. The maximum absolute atomic E-state index is 14.2. The summed E-state index contributed by atoms with van der Waals surface area (Å²) < 4.78 is 84.6. The van der Waals surface area contributed by atoms with Crippen molar-refractivity contribution in [2.24, 2.45) is 11.7 Å². The minimum atomic E-state index is -4.67. The van der Waals surface area contributed by atoms with E-state index in [1.807, 2.05) is 0 Å². The summed E-state index contributed by atoms with van der Waals surface area (Å²) >= 11 is 0. The van der Waals surface area contributed by atoms with E-state index in [4.69, 9.17) is 5.73 Å². The summed E-state index contributed by atoms with van der Waals surface area (Å²) in [7, 11) is 0. The molecule has 6 rings (SSSR count). The fourth-order valence-corrected chi connectivity index (χ4v) is 5.91. The SMILES string of the molecule is NC(=O)c1cc(-c2cccnc2C(Cc2cc(F)cc(F)c2)NC(=O)Cn2nc(C(F)(F)F)c3c2CC2CC32)ccc1F. The Morgan fingerprint density at radius 2 is 1.81 bits per heavy atom. The van der Waals surface area contributed by atoms with Gasteiger partial charge in [0.05, 0.1) is 17.3 Å². The van der Waals surface area contributed by atoms with E-state index in [0.717, 1.165) is 22.9 Å². The monoisotopic (exact) mass is 599 g/mol. The van der Waals surface area contributed by atoms with Gasteiger partial charge in [0, 0.05) is 29.1 Å². The van der Waals surface area contributed by atoms with Crippen LogP contribution in [0.15, 0.2) is 54.7 Å². The summed E-state index contributed by atoms with van der Waals surface area (Å²) in [6.45, 7) is -0.531. The quantitative estimate of drug-likeness (QED) is 0.271. The molecule has 2 aromatic heterocycles. The molecule has 0 bridgehead atoms. The standard InChI is InChI=1S/C30H23F6N5O2/c31-17-6-14(7-18(32)12-17)8-23(27-19(2-1-5-38-27)15-3-4-22(33)21(9-15)29(37)43)39-25(42)13-41-24-11-16-10-20(16)26(24)28(40-41)30(34,35)36/h1-7,9,12,16,20,23H,8,10-11,13H2,(H2,37,43)(H,39,42). The number of halogens is 6. The van der Waals surface area contributed by atoms with E-state index >= 15 is 0 Å². The third-order valence-electron chi connectivity index (χ3n) is 7.82. The van der Waals surface area contributed by atoms with E-state index in [2.05, 4.69) is 15.4 Å². The highest BCUT2D eigenvalue weighted by atomic mass is 19.4. The molecule has 3 atom stereocenters. The summed E-state index contributed by atoms with van der Waals surface area (Å²) in [5.74, 6) is -4.37. The maximum atomic E-state index is 14.2. The zero-order valence-corrected chi connectivity index (χ0v) is 22.3. The highest BCUT2D eigenvalue weighted by Crippen LogP contribution is 2.59. The second-order valence-corrected chi connectivity index (χ2v) is 10.8. The van der Waals surface area contributed by atoms with Gasteiger partial charge in [0.2, 0.25) is 5.91 Å². The van der Waals surface area contributed by atoms with Gasteiger partial charge in [-0.05, 0) is 72.6 Å². The smallest absolute Gasteiger partial charge is 0.366 e. The molecule has 43 heavy (non-hydrogen) atoms. The Morgan fingerprint density at radius 1 is 1.07 bits per heavy atom. The summed E-state index contributed by atoms with van der Waals surface area (Å²) in [6.07, 6.45) is -2.38. The number of hydrogen-bond acceptors (Lipinski definition) is 4. The molecule has 2 aromatic carbocycles. The number of aromatic nitrogens is 3. The molecular formula is C30H23F6N5O2. The molecule has 13 heteroatoms. The Kier molecular flexibility index (Phi) is 6.98. The van der Waals surface area contributed by atoms with E-state index in [1.54, 1.807) is 12.1 Å². The average Bonchev–Trinajstić information content (AvgIpc) is 3.45. The fraction of sp³-hybridized carbons (Fsp3) is 0.267. The summed E-state index contributed by atoms with van der Waals surface area (Å²) in [6, 6.07) is 8.59. The first-order chi connectivity index (χ1) is 20.4. The number of benzene rings is 2. The lowest BCUT2D eigenvalue weighted by Crippen LogP contribution is -2.34. The van der Waals surface area contributed by atoms with Crippen LogP contribution in [0.25, 0.3) is 11.1 Å². The van der Waals surface area contributed by atoms with Crippen LogP contribution in [0.5, 0.6) is 0 Å². The molecule has 7 nitrogen and oxygen atoms in total. The van der Waals surface area contributed by atoms with Crippen molar-refractivity contribution in [3.8, 4) is 11.1 Å². The van der Waals surface area contributed by atoms with Crippen molar-refractivity contribution in [3.63, 3.8) is 0 Å². The van der Waals surface area contributed by atoms with E-state index in [-0.39, 0.29) is 40.6 Å². The van der Waals surface area contributed by atoms with Crippen LogP contribution in [0.1, 0.15) is 56.9 Å². The van der Waals surface area contributed by atoms with Crippen molar-refractivity contribution in [1.82, 2.24) is 20.1 Å². The predicted octanol–water partition coefficient (Wildman–Crippen LogP) is 5.24. The molecular weight excluding hydrogens is 576 g/mol. The third kappa shape index (κ3) is 5.58. The van der Waals surface area contributed by atoms with Crippen LogP contribution in [0.4, 0.5) is 26.3 Å². The van der Waals surface area contributed by atoms with Gasteiger partial charge in [-0.2, -0.15) is 18.3 Å². The zero-order chi connectivity index (χ0) is 30.6. The highest BCUT2D eigenvalue weighted by molar-refractivity contribution is 5.94. The Balaban J connectivity index is 1.36. The largest absolute Gasteiger partial charge is 0.435 e. The van der Waals surface area contributed by atoms with Gasteiger partial charge in [0.25, 0.3) is 5.91 Å². The molecule has 2 aliphatic rings. The van der Waals surface area contributed by atoms with Crippen LogP contribution >= 0.6 is 0 Å². The van der Waals surface area contributed by atoms with Crippen LogP contribution in [-0.2, 0) is 30.4 Å². The minimum Gasteiger partial charge on any atom is -0.366 e. The average molecular weight is 600 g/mol. The highest BCUT2D eigenvalue weighted by Gasteiger charge is 2.53. The molecule has 2 heterocycles. The van der Waals surface area contributed by atoms with Gasteiger partial charge in [-0.15, -0.1) is 0 Å². The molecule has 3 N–H and O–H groups in total. The molecule has 0 radical (unpaired) electrons. The van der Waals surface area contributed by atoms with Crippen LogP contribution in [-0.4, -0.2) is 26.6 Å². The summed E-state index contributed by atoms with van der Waals surface area (Å²) in [4.78, 5) is 29.5. The van der Waals surface area contributed by atoms with Crippen LogP contribution in [0, 0.1) is 23.4 Å². The van der Waals surface area contributed by atoms with E-state index in [0.29, 0.717) is 35.7 Å². The number of nitrogens with zero attached hydrogens (tertiary/aromatic N) is 3. The molecule has 1 fully saturated rings. The molecule has 4 aromatic rings. The second-order valence-electron chi connectivity index (χ2n) is 10.8. The van der Waals surface area contributed by atoms with Gasteiger partial charge in [-0.1, -0.05) is 12.1 Å². The van der Waals surface area contributed by atoms with Crippen molar-refractivity contribution in [1.29, 1.82) is 0 Å². The van der Waals surface area contributed by atoms with Gasteiger partial charge in [-0.3, -0.25) is 19.3 Å². The first-order valence-electron chi connectivity index (χ1n) is 13.3. The molecule has 0 spiro atoms. The van der Waals surface area contributed by atoms with E-state index < -0.39 is 53.7 Å². The van der Waals surface area contributed by atoms with Gasteiger partial charge in [-0.25, -0.2) is 13.2 Å². The molecule has 0 saturated heterocycles. The zero-order valence-electron chi connectivity index (χ0n) is 22.3. The molecule has 2 aliphatic carbocycles. The number of amides is 2. The number of rotatable bonds is 8. The van der Waals surface area contributed by atoms with E-state index in [1.165, 1.54) is 18.3 Å². The van der Waals surface area contributed by atoms with Crippen LogP contribution in [0.3, 0.4) is 0 Å². The van der Waals surface area contributed by atoms with Crippen molar-refractivity contribution in [3.05, 3.63) is 106 Å². The number of nitrogens with one attached hydrogen (secondary N) is 1. The number of nitrogens with two attached hydrogens (primary N) is 1. The molecule has 1 saturated carbocycles. The number of hydrogen-bond donors (Lipinski definition) is 2. The van der Waals surface area contributed by atoms with Crippen LogP contribution in [0.2, 0.25) is 0 Å². The number of alkyl halides is 3. The second kappa shape index (κ2) is 10.5. The lowest BCUT2D eigenvalue weighted by Gasteiger charge is -2.22. The van der Waals surface area contributed by atoms with Crippen molar-refractivity contribution >= 4 is 11.8 Å².